The van der Waals surface area contributed by atoms with E-state index < -0.39 is 15.9 Å². The largest absolute Gasteiger partial charge is 0.493 e. The number of nitrogens with one attached hydrogen (secondary N) is 1. The predicted octanol–water partition coefficient (Wildman–Crippen LogP) is 3.22. The number of methoxy groups -OCH3 is 1. The number of halogens is 1. The van der Waals surface area contributed by atoms with Crippen molar-refractivity contribution in [1.82, 2.24) is 5.32 Å². The first-order valence-corrected chi connectivity index (χ1v) is 11.2. The zero-order valence-corrected chi connectivity index (χ0v) is 18.4. The fourth-order valence-electron chi connectivity index (χ4n) is 2.57. The monoisotopic (exact) mass is 440 g/mol. The molecule has 7 nitrogen and oxygen atoms in total. The smallest absolute Gasteiger partial charge is 0.241 e. The molecule has 0 heterocycles. The number of nitrogens with zero attached hydrogens (tertiary/aromatic N) is 1. The number of anilines is 1. The van der Waals surface area contributed by atoms with Gasteiger partial charge in [-0.2, -0.15) is 0 Å². The van der Waals surface area contributed by atoms with Crippen molar-refractivity contribution < 1.29 is 22.7 Å². The van der Waals surface area contributed by atoms with Crippen LogP contribution in [0.15, 0.2) is 42.5 Å². The average molecular weight is 441 g/mol. The van der Waals surface area contributed by atoms with Gasteiger partial charge in [-0.1, -0.05) is 17.7 Å². The summed E-state index contributed by atoms with van der Waals surface area (Å²) in [5.74, 6) is 0.736. The van der Waals surface area contributed by atoms with Crippen molar-refractivity contribution in [2.75, 3.05) is 24.2 Å². The average Bonchev–Trinajstić information content (AvgIpc) is 2.65. The summed E-state index contributed by atoms with van der Waals surface area (Å²) in [7, 11) is -2.10. The van der Waals surface area contributed by atoms with E-state index in [1.165, 1.54) is 0 Å². The van der Waals surface area contributed by atoms with E-state index in [1.807, 2.05) is 19.9 Å². The summed E-state index contributed by atoms with van der Waals surface area (Å²) >= 11 is 5.85. The number of sulfonamides is 1. The lowest BCUT2D eigenvalue weighted by Gasteiger charge is -2.22. The summed E-state index contributed by atoms with van der Waals surface area (Å²) in [6.45, 7) is 3.71. The molecule has 2 aromatic carbocycles. The van der Waals surface area contributed by atoms with Crippen LogP contribution in [0.2, 0.25) is 5.02 Å². The highest BCUT2D eigenvalue weighted by molar-refractivity contribution is 7.92. The molecule has 2 rings (SSSR count). The van der Waals surface area contributed by atoms with Gasteiger partial charge in [0.05, 0.1) is 25.2 Å². The van der Waals surface area contributed by atoms with Gasteiger partial charge in [-0.15, -0.1) is 0 Å². The summed E-state index contributed by atoms with van der Waals surface area (Å²) in [6.07, 6.45) is 1.05. The van der Waals surface area contributed by atoms with E-state index in [1.54, 1.807) is 43.5 Å². The van der Waals surface area contributed by atoms with Crippen LogP contribution >= 0.6 is 11.6 Å². The maximum absolute atomic E-state index is 12.4. The summed E-state index contributed by atoms with van der Waals surface area (Å²) in [6, 6.07) is 11.6. The minimum absolute atomic E-state index is 0.00398. The molecule has 29 heavy (non-hydrogen) atoms. The van der Waals surface area contributed by atoms with E-state index in [2.05, 4.69) is 5.32 Å². The van der Waals surface area contributed by atoms with Gasteiger partial charge in [0.15, 0.2) is 11.5 Å². The highest BCUT2D eigenvalue weighted by atomic mass is 35.5. The molecule has 2 aromatic rings. The zero-order valence-electron chi connectivity index (χ0n) is 16.8. The van der Waals surface area contributed by atoms with Gasteiger partial charge in [0.2, 0.25) is 15.9 Å². The van der Waals surface area contributed by atoms with Crippen molar-refractivity contribution >= 4 is 33.2 Å². The molecule has 0 aliphatic rings. The zero-order chi connectivity index (χ0) is 21.6. The summed E-state index contributed by atoms with van der Waals surface area (Å²) < 4.78 is 36.3. The number of rotatable bonds is 9. The Hall–Kier alpha value is -2.45. The normalized spacial score (nSPS) is 11.2. The fraction of sp³-hybridized carbons (Fsp3) is 0.350. The molecule has 0 saturated carbocycles. The molecule has 0 unspecified atom stereocenters. The Morgan fingerprint density at radius 3 is 2.34 bits per heavy atom. The van der Waals surface area contributed by atoms with Crippen molar-refractivity contribution in [3.05, 3.63) is 53.1 Å². The lowest BCUT2D eigenvalue weighted by atomic mass is 10.2. The Morgan fingerprint density at radius 1 is 1.14 bits per heavy atom. The molecule has 0 atom stereocenters. The maximum atomic E-state index is 12.4. The second-order valence-electron chi connectivity index (χ2n) is 6.67. The van der Waals surface area contributed by atoms with Gasteiger partial charge in [-0.3, -0.25) is 9.10 Å². The van der Waals surface area contributed by atoms with Crippen LogP contribution < -0.4 is 19.1 Å². The first-order chi connectivity index (χ1) is 13.6. The van der Waals surface area contributed by atoms with Crippen molar-refractivity contribution in [1.29, 1.82) is 0 Å². The molecule has 0 radical (unpaired) electrons. The van der Waals surface area contributed by atoms with Crippen LogP contribution in [-0.2, 0) is 21.4 Å². The summed E-state index contributed by atoms with van der Waals surface area (Å²) in [4.78, 5) is 12.4. The van der Waals surface area contributed by atoms with E-state index in [0.29, 0.717) is 22.2 Å². The predicted molar refractivity (Wildman–Crippen MR) is 114 cm³/mol. The number of hydrogen-bond acceptors (Lipinski definition) is 5. The fourth-order valence-corrected chi connectivity index (χ4v) is 3.55. The number of amides is 1. The molecule has 9 heteroatoms. The highest BCUT2D eigenvalue weighted by Crippen LogP contribution is 2.29. The maximum Gasteiger partial charge on any atom is 0.241 e. The van der Waals surface area contributed by atoms with E-state index in [9.17, 15) is 13.2 Å². The first kappa shape index (κ1) is 22.8. The van der Waals surface area contributed by atoms with Crippen LogP contribution in [0, 0.1) is 0 Å². The van der Waals surface area contributed by atoms with Crippen LogP contribution in [0.3, 0.4) is 0 Å². The van der Waals surface area contributed by atoms with Gasteiger partial charge in [-0.05, 0) is 55.8 Å². The Bertz CT molecular complexity index is 946. The third-order valence-corrected chi connectivity index (χ3v) is 5.28. The van der Waals surface area contributed by atoms with Gasteiger partial charge in [-0.25, -0.2) is 8.42 Å². The number of carbonyl (C=O) groups excluding carboxylic acids is 1. The van der Waals surface area contributed by atoms with Gasteiger partial charge < -0.3 is 14.8 Å². The highest BCUT2D eigenvalue weighted by Gasteiger charge is 2.20. The van der Waals surface area contributed by atoms with Gasteiger partial charge in [0.25, 0.3) is 0 Å². The lowest BCUT2D eigenvalue weighted by Crippen LogP contribution is -2.40. The third-order valence-electron chi connectivity index (χ3n) is 3.88. The second kappa shape index (κ2) is 9.84. The molecule has 0 fully saturated rings. The number of ether oxygens (including phenoxy) is 2. The lowest BCUT2D eigenvalue weighted by molar-refractivity contribution is -0.119. The van der Waals surface area contributed by atoms with Crippen LogP contribution in [-0.4, -0.2) is 40.3 Å². The second-order valence-corrected chi connectivity index (χ2v) is 9.02. The van der Waals surface area contributed by atoms with Gasteiger partial charge in [0.1, 0.15) is 6.54 Å². The molecule has 0 aromatic heterocycles. The number of hydrogen-bond donors (Lipinski definition) is 1. The molecular weight excluding hydrogens is 416 g/mol. The van der Waals surface area contributed by atoms with Crippen molar-refractivity contribution in [3.8, 4) is 11.5 Å². The standard InChI is InChI=1S/C20H25ClN2O5S/c1-14(2)28-18-10-5-15(11-19(18)27-3)12-22-20(24)13-23(29(4,25)26)17-8-6-16(21)7-9-17/h5-11,14H,12-13H2,1-4H3,(H,22,24). The van der Waals surface area contributed by atoms with E-state index in [4.69, 9.17) is 21.1 Å². The van der Waals surface area contributed by atoms with E-state index in [-0.39, 0.29) is 19.2 Å². The van der Waals surface area contributed by atoms with Crippen LogP contribution in [0.5, 0.6) is 11.5 Å². The molecule has 0 spiro atoms. The SMILES string of the molecule is COc1cc(CNC(=O)CN(c2ccc(Cl)cc2)S(C)(=O)=O)ccc1OC(C)C. The molecular formula is C20H25ClN2O5S. The molecule has 0 saturated heterocycles. The van der Waals surface area contributed by atoms with E-state index >= 15 is 0 Å². The van der Waals surface area contributed by atoms with Crippen LogP contribution in [0.1, 0.15) is 19.4 Å². The van der Waals surface area contributed by atoms with Gasteiger partial charge in [0, 0.05) is 11.6 Å². The molecule has 0 bridgehead atoms. The topological polar surface area (TPSA) is 84.9 Å². The van der Waals surface area contributed by atoms with Crippen molar-refractivity contribution in [2.45, 2.75) is 26.5 Å². The minimum Gasteiger partial charge on any atom is -0.493 e. The molecule has 1 amide bonds. The Balaban J connectivity index is 2.06. The minimum atomic E-state index is -3.64. The molecule has 0 aliphatic heterocycles. The number of carbonyl (C=O) groups is 1. The quantitative estimate of drug-likeness (QED) is 0.647. The first-order valence-electron chi connectivity index (χ1n) is 8.93. The van der Waals surface area contributed by atoms with Crippen molar-refractivity contribution in [3.63, 3.8) is 0 Å². The molecule has 1 N–H and O–H groups in total. The third kappa shape index (κ3) is 6.83. The van der Waals surface area contributed by atoms with Gasteiger partial charge >= 0.3 is 0 Å². The molecule has 158 valence electrons. The molecule has 0 aliphatic carbocycles. The Kier molecular flexibility index (Phi) is 7.75. The summed E-state index contributed by atoms with van der Waals surface area (Å²) in [5.41, 5.74) is 1.16. The summed E-state index contributed by atoms with van der Waals surface area (Å²) in [5, 5.41) is 3.20. The van der Waals surface area contributed by atoms with E-state index in [0.717, 1.165) is 16.1 Å². The Morgan fingerprint density at radius 2 is 1.79 bits per heavy atom. The Labute approximate surface area is 176 Å². The number of benzene rings is 2. The van der Waals surface area contributed by atoms with Crippen molar-refractivity contribution in [2.24, 2.45) is 0 Å². The van der Waals surface area contributed by atoms with Crippen LogP contribution in [0.4, 0.5) is 5.69 Å². The van der Waals surface area contributed by atoms with Crippen LogP contribution in [0.25, 0.3) is 0 Å².